The third-order valence-corrected chi connectivity index (χ3v) is 4.06. The van der Waals surface area contributed by atoms with Gasteiger partial charge in [0.2, 0.25) is 5.91 Å². The Balaban J connectivity index is 1.93. The van der Waals surface area contributed by atoms with Crippen molar-refractivity contribution in [3.05, 3.63) is 27.6 Å². The van der Waals surface area contributed by atoms with Crippen LogP contribution >= 0.6 is 34.2 Å². The predicted molar refractivity (Wildman–Crippen MR) is 83.2 cm³/mol. The van der Waals surface area contributed by atoms with Crippen LogP contribution in [0.25, 0.3) is 11.0 Å². The van der Waals surface area contributed by atoms with Crippen LogP contribution in [-0.2, 0) is 17.2 Å². The second-order valence-corrected chi connectivity index (χ2v) is 6.24. The number of nitrogens with zero attached hydrogens (tertiary/aromatic N) is 2. The van der Waals surface area contributed by atoms with Gasteiger partial charge >= 0.3 is 0 Å². The first-order valence-electron chi connectivity index (χ1n) is 6.17. The second-order valence-electron chi connectivity index (χ2n) is 4.72. The van der Waals surface area contributed by atoms with Crippen LogP contribution in [0.4, 0.5) is 0 Å². The molecule has 3 rings (SSSR count). The first-order chi connectivity index (χ1) is 9.17. The summed E-state index contributed by atoms with van der Waals surface area (Å²) in [5.74, 6) is 1.08. The van der Waals surface area contributed by atoms with Crippen molar-refractivity contribution in [2.45, 2.75) is 31.3 Å². The average molecular weight is 390 g/mol. The van der Waals surface area contributed by atoms with Crippen LogP contribution < -0.4 is 5.32 Å². The predicted octanol–water partition coefficient (Wildman–Crippen LogP) is 2.66. The van der Waals surface area contributed by atoms with E-state index in [1.54, 1.807) is 0 Å². The molecular formula is C13H13ClIN3O. The van der Waals surface area contributed by atoms with Gasteiger partial charge in [-0.25, -0.2) is 4.98 Å². The monoisotopic (exact) mass is 389 g/mol. The van der Waals surface area contributed by atoms with E-state index in [1.165, 1.54) is 0 Å². The van der Waals surface area contributed by atoms with E-state index in [4.69, 9.17) is 11.6 Å². The molecule has 0 atom stereocenters. The lowest BCUT2D eigenvalue weighted by molar-refractivity contribution is -0.121. The molecule has 0 aliphatic heterocycles. The number of hydrogen-bond donors (Lipinski definition) is 1. The summed E-state index contributed by atoms with van der Waals surface area (Å²) >= 11 is 8.18. The number of amides is 1. The highest BCUT2D eigenvalue weighted by molar-refractivity contribution is 14.1. The Hall–Kier alpha value is -0.820. The fourth-order valence-corrected chi connectivity index (χ4v) is 2.75. The number of carbonyl (C=O) groups is 1. The highest BCUT2D eigenvalue weighted by atomic mass is 127. The van der Waals surface area contributed by atoms with Gasteiger partial charge in [-0.05, 0) is 53.6 Å². The maximum atomic E-state index is 11.9. The Bertz CT molecular complexity index is 636. The summed E-state index contributed by atoms with van der Waals surface area (Å²) in [7, 11) is 0. The van der Waals surface area contributed by atoms with Crippen LogP contribution in [0.1, 0.15) is 18.7 Å². The van der Waals surface area contributed by atoms with Gasteiger partial charge in [-0.1, -0.05) is 0 Å². The minimum absolute atomic E-state index is 0.0340. The molecule has 0 bridgehead atoms. The van der Waals surface area contributed by atoms with E-state index in [0.29, 0.717) is 11.9 Å². The van der Waals surface area contributed by atoms with E-state index >= 15 is 0 Å². The fourth-order valence-electron chi connectivity index (χ4n) is 2.08. The Morgan fingerprint density at radius 2 is 2.32 bits per heavy atom. The normalized spacial score (nSPS) is 14.8. The van der Waals surface area contributed by atoms with Crippen LogP contribution in [0.2, 0.25) is 0 Å². The third-order valence-electron chi connectivity index (χ3n) is 3.15. The summed E-state index contributed by atoms with van der Waals surface area (Å²) < 4.78 is 3.02. The molecule has 1 amide bonds. The SMILES string of the molecule is O=C(Cn1c(CCl)nc2cc(I)ccc21)NC1CC1. The first-order valence-corrected chi connectivity index (χ1v) is 7.78. The standard InChI is InChI=1S/C13H13ClIN3O/c14-6-12-17-10-5-8(15)1-4-11(10)18(12)7-13(19)16-9-2-3-9/h1,4-5,9H,2-3,6-7H2,(H,16,19). The number of alkyl halides is 1. The van der Waals surface area contributed by atoms with E-state index in [-0.39, 0.29) is 12.5 Å². The Kier molecular flexibility index (Phi) is 3.66. The molecule has 0 saturated heterocycles. The fraction of sp³-hybridized carbons (Fsp3) is 0.385. The molecule has 1 heterocycles. The van der Waals surface area contributed by atoms with Crippen molar-refractivity contribution in [2.24, 2.45) is 0 Å². The number of halogens is 2. The van der Waals surface area contributed by atoms with E-state index in [1.807, 2.05) is 22.8 Å². The summed E-state index contributed by atoms with van der Waals surface area (Å²) in [5.41, 5.74) is 1.85. The van der Waals surface area contributed by atoms with Gasteiger partial charge in [-0.15, -0.1) is 11.6 Å². The quantitative estimate of drug-likeness (QED) is 0.645. The minimum atomic E-state index is 0.0340. The number of hydrogen-bond acceptors (Lipinski definition) is 2. The van der Waals surface area contributed by atoms with Crippen molar-refractivity contribution in [2.75, 3.05) is 0 Å². The summed E-state index contributed by atoms with van der Waals surface area (Å²) in [4.78, 5) is 16.4. The lowest BCUT2D eigenvalue weighted by atomic mass is 10.3. The number of benzene rings is 1. The third kappa shape index (κ3) is 2.86. The summed E-state index contributed by atoms with van der Waals surface area (Å²) in [6.07, 6.45) is 2.19. The summed E-state index contributed by atoms with van der Waals surface area (Å²) in [5, 5.41) is 2.99. The molecular weight excluding hydrogens is 377 g/mol. The molecule has 4 nitrogen and oxygen atoms in total. The highest BCUT2D eigenvalue weighted by Gasteiger charge is 2.24. The Labute approximate surface area is 129 Å². The van der Waals surface area contributed by atoms with Crippen molar-refractivity contribution >= 4 is 51.1 Å². The highest BCUT2D eigenvalue weighted by Crippen LogP contribution is 2.21. The number of imidazole rings is 1. The molecule has 6 heteroatoms. The second kappa shape index (κ2) is 5.28. The molecule has 1 aromatic heterocycles. The molecule has 1 N–H and O–H groups in total. The van der Waals surface area contributed by atoms with Crippen LogP contribution in [0.15, 0.2) is 18.2 Å². The Morgan fingerprint density at radius 1 is 1.53 bits per heavy atom. The molecule has 0 spiro atoms. The van der Waals surface area contributed by atoms with Crippen molar-refractivity contribution in [3.63, 3.8) is 0 Å². The van der Waals surface area contributed by atoms with E-state index in [2.05, 4.69) is 32.9 Å². The molecule has 1 aliphatic carbocycles. The van der Waals surface area contributed by atoms with Gasteiger partial charge in [0.15, 0.2) is 0 Å². The van der Waals surface area contributed by atoms with Gasteiger partial charge in [-0.2, -0.15) is 0 Å². The van der Waals surface area contributed by atoms with Crippen LogP contribution in [0.3, 0.4) is 0 Å². The molecule has 1 saturated carbocycles. The first kappa shape index (κ1) is 13.2. The van der Waals surface area contributed by atoms with Crippen molar-refractivity contribution in [3.8, 4) is 0 Å². The zero-order valence-corrected chi connectivity index (χ0v) is 13.1. The molecule has 0 unspecified atom stereocenters. The van der Waals surface area contributed by atoms with Crippen molar-refractivity contribution in [1.82, 2.24) is 14.9 Å². The maximum absolute atomic E-state index is 11.9. The summed E-state index contributed by atoms with van der Waals surface area (Å²) in [6.45, 7) is 0.287. The largest absolute Gasteiger partial charge is 0.352 e. The van der Waals surface area contributed by atoms with E-state index in [0.717, 1.165) is 33.3 Å². The number of nitrogens with one attached hydrogen (secondary N) is 1. The van der Waals surface area contributed by atoms with Gasteiger partial charge in [0.1, 0.15) is 12.4 Å². The molecule has 1 fully saturated rings. The topological polar surface area (TPSA) is 46.9 Å². The van der Waals surface area contributed by atoms with Gasteiger partial charge in [0, 0.05) is 9.61 Å². The molecule has 2 aromatic rings. The zero-order valence-electron chi connectivity index (χ0n) is 10.2. The van der Waals surface area contributed by atoms with Gasteiger partial charge in [-0.3, -0.25) is 4.79 Å². The van der Waals surface area contributed by atoms with E-state index < -0.39 is 0 Å². The summed E-state index contributed by atoms with van der Waals surface area (Å²) in [6, 6.07) is 6.38. The molecule has 100 valence electrons. The number of fused-ring (bicyclic) bond motifs is 1. The van der Waals surface area contributed by atoms with Crippen LogP contribution in [0, 0.1) is 3.57 Å². The smallest absolute Gasteiger partial charge is 0.240 e. The van der Waals surface area contributed by atoms with Crippen LogP contribution in [-0.4, -0.2) is 21.5 Å². The lowest BCUT2D eigenvalue weighted by Crippen LogP contribution is -2.29. The Morgan fingerprint density at radius 3 is 3.00 bits per heavy atom. The molecule has 0 radical (unpaired) electrons. The minimum Gasteiger partial charge on any atom is -0.352 e. The van der Waals surface area contributed by atoms with Crippen molar-refractivity contribution in [1.29, 1.82) is 0 Å². The number of carbonyl (C=O) groups excluding carboxylic acids is 1. The number of aromatic nitrogens is 2. The van der Waals surface area contributed by atoms with Gasteiger partial charge < -0.3 is 9.88 Å². The molecule has 1 aliphatic rings. The van der Waals surface area contributed by atoms with Gasteiger partial charge in [0.25, 0.3) is 0 Å². The van der Waals surface area contributed by atoms with Crippen molar-refractivity contribution < 1.29 is 4.79 Å². The van der Waals surface area contributed by atoms with Crippen LogP contribution in [0.5, 0.6) is 0 Å². The average Bonchev–Trinajstić information content (AvgIpc) is 3.11. The van der Waals surface area contributed by atoms with Gasteiger partial charge in [0.05, 0.1) is 16.9 Å². The van der Waals surface area contributed by atoms with E-state index in [9.17, 15) is 4.79 Å². The maximum Gasteiger partial charge on any atom is 0.240 e. The lowest BCUT2D eigenvalue weighted by Gasteiger charge is -2.08. The zero-order chi connectivity index (χ0) is 13.4. The number of rotatable bonds is 4. The molecule has 19 heavy (non-hydrogen) atoms. The molecule has 1 aromatic carbocycles.